The Balaban J connectivity index is 2.60. The van der Waals surface area contributed by atoms with E-state index in [1.807, 2.05) is 0 Å². The summed E-state index contributed by atoms with van der Waals surface area (Å²) in [5, 5.41) is 0. The average molecular weight is 404 g/mol. The van der Waals surface area contributed by atoms with Gasteiger partial charge in [0.15, 0.2) is 0 Å². The Kier molecular flexibility index (Phi) is 6.05. The normalized spacial score (nSPS) is 11.2. The molecule has 0 amide bonds. The van der Waals surface area contributed by atoms with E-state index in [1.54, 1.807) is 4.72 Å². The summed E-state index contributed by atoms with van der Waals surface area (Å²) < 4.78 is 64.9. The second-order valence-electron chi connectivity index (χ2n) is 4.75. The molecule has 0 aliphatic rings. The molecule has 2 rings (SSSR count). The molecule has 0 radical (unpaired) electrons. The van der Waals surface area contributed by atoms with Crippen molar-refractivity contribution in [2.45, 2.75) is 5.76 Å². The van der Waals surface area contributed by atoms with Crippen LogP contribution < -0.4 is 18.9 Å². The fourth-order valence-electron chi connectivity index (χ4n) is 1.93. The fourth-order valence-corrected chi connectivity index (χ4v) is 2.51. The first kappa shape index (κ1) is 20.2. The van der Waals surface area contributed by atoms with Gasteiger partial charge in [0.2, 0.25) is 11.6 Å². The summed E-state index contributed by atoms with van der Waals surface area (Å²) in [6.45, 7) is 0. The van der Waals surface area contributed by atoms with Crippen LogP contribution in [0.2, 0.25) is 0 Å². The Morgan fingerprint density at radius 3 is 2.11 bits per heavy atom. The van der Waals surface area contributed by atoms with Crippen LogP contribution in [-0.4, -0.2) is 56.2 Å². The maximum atomic E-state index is 12.8. The van der Waals surface area contributed by atoms with Crippen molar-refractivity contribution >= 4 is 21.5 Å². The number of alkyl halides is 2. The minimum atomic E-state index is -5.07. The van der Waals surface area contributed by atoms with E-state index in [9.17, 15) is 22.0 Å². The van der Waals surface area contributed by atoms with E-state index in [0.29, 0.717) is 0 Å². The molecule has 2 aromatic rings. The lowest BCUT2D eigenvalue weighted by atomic mass is 10.1. The lowest BCUT2D eigenvalue weighted by molar-refractivity contribution is 0.102. The van der Waals surface area contributed by atoms with Crippen LogP contribution in [0.3, 0.4) is 0 Å². The number of ether oxygens (including phenoxy) is 3. The zero-order valence-corrected chi connectivity index (χ0v) is 15.1. The monoisotopic (exact) mass is 404 g/mol. The van der Waals surface area contributed by atoms with Crippen molar-refractivity contribution in [2.24, 2.45) is 0 Å². The number of ketones is 1. The molecule has 13 heteroatoms. The molecule has 1 N–H and O–H groups in total. The largest absolute Gasteiger partial charge is 0.495 e. The Morgan fingerprint density at radius 2 is 1.63 bits per heavy atom. The second kappa shape index (κ2) is 8.07. The van der Waals surface area contributed by atoms with Crippen molar-refractivity contribution in [2.75, 3.05) is 26.1 Å². The minimum Gasteiger partial charge on any atom is -0.495 e. The Hall–Kier alpha value is -3.09. The van der Waals surface area contributed by atoms with Crippen molar-refractivity contribution in [1.29, 1.82) is 0 Å². The van der Waals surface area contributed by atoms with Gasteiger partial charge in [0.25, 0.3) is 10.0 Å². The maximum absolute atomic E-state index is 12.8. The Labute approximate surface area is 152 Å². The van der Waals surface area contributed by atoms with Gasteiger partial charge in [0.1, 0.15) is 11.4 Å². The Morgan fingerprint density at radius 1 is 1.04 bits per heavy atom. The van der Waals surface area contributed by atoms with E-state index in [-0.39, 0.29) is 23.3 Å². The third-order valence-corrected chi connectivity index (χ3v) is 4.09. The van der Waals surface area contributed by atoms with Crippen molar-refractivity contribution in [3.05, 3.63) is 29.6 Å². The molecule has 0 saturated carbocycles. The van der Waals surface area contributed by atoms with Crippen LogP contribution in [-0.2, 0) is 10.0 Å². The third kappa shape index (κ3) is 4.36. The Bertz CT molecular complexity index is 932. The van der Waals surface area contributed by atoms with Gasteiger partial charge in [-0.2, -0.15) is 18.7 Å². The van der Waals surface area contributed by atoms with E-state index in [2.05, 4.69) is 15.0 Å². The average Bonchev–Trinajstić information content (AvgIpc) is 2.66. The number of halogens is 2. The van der Waals surface area contributed by atoms with Gasteiger partial charge in [-0.05, 0) is 12.1 Å². The van der Waals surface area contributed by atoms with Crippen molar-refractivity contribution in [3.8, 4) is 17.8 Å². The van der Waals surface area contributed by atoms with Crippen molar-refractivity contribution in [3.63, 3.8) is 0 Å². The minimum absolute atomic E-state index is 0.155. The van der Waals surface area contributed by atoms with E-state index in [0.717, 1.165) is 0 Å². The lowest BCUT2D eigenvalue weighted by Gasteiger charge is -2.15. The molecule has 1 heterocycles. The molecule has 0 fully saturated rings. The molecule has 0 aliphatic heterocycles. The molecular formula is C14H14F2N4O6S. The summed E-state index contributed by atoms with van der Waals surface area (Å²) >= 11 is 0. The zero-order valence-electron chi connectivity index (χ0n) is 14.3. The quantitative estimate of drug-likeness (QED) is 0.643. The molecule has 0 spiro atoms. The first-order chi connectivity index (χ1) is 12.7. The van der Waals surface area contributed by atoms with E-state index in [4.69, 9.17) is 14.2 Å². The van der Waals surface area contributed by atoms with E-state index < -0.39 is 33.1 Å². The number of methoxy groups -OCH3 is 3. The number of carbonyl (C=O) groups excluding carboxylic acids is 1. The zero-order chi connectivity index (χ0) is 20.2. The smallest absolute Gasteiger partial charge is 0.355 e. The highest BCUT2D eigenvalue weighted by Crippen LogP contribution is 2.31. The summed E-state index contributed by atoms with van der Waals surface area (Å²) in [4.78, 5) is 24.0. The van der Waals surface area contributed by atoms with E-state index >= 15 is 0 Å². The van der Waals surface area contributed by atoms with Gasteiger partial charge in [0, 0.05) is 0 Å². The van der Waals surface area contributed by atoms with Crippen LogP contribution in [0.25, 0.3) is 0 Å². The number of aromatic nitrogens is 3. The number of nitrogens with one attached hydrogen (secondary N) is 1. The van der Waals surface area contributed by atoms with Crippen LogP contribution >= 0.6 is 0 Å². The number of carbonyl (C=O) groups is 1. The maximum Gasteiger partial charge on any atom is 0.355 e. The number of hydrogen-bond donors (Lipinski definition) is 1. The number of hydrogen-bond acceptors (Lipinski definition) is 9. The van der Waals surface area contributed by atoms with Crippen molar-refractivity contribution < 1.29 is 36.2 Å². The number of nitrogens with zero attached hydrogens (tertiary/aromatic N) is 3. The predicted octanol–water partition coefficient (Wildman–Crippen LogP) is 1.09. The molecule has 10 nitrogen and oxygen atoms in total. The summed E-state index contributed by atoms with van der Waals surface area (Å²) in [6.07, 6.45) is 0. The van der Waals surface area contributed by atoms with Crippen LogP contribution in [0, 0.1) is 0 Å². The molecule has 146 valence electrons. The van der Waals surface area contributed by atoms with Crippen LogP contribution in [0.4, 0.5) is 14.5 Å². The van der Waals surface area contributed by atoms with Crippen LogP contribution in [0.15, 0.2) is 18.2 Å². The highest BCUT2D eigenvalue weighted by atomic mass is 32.2. The fraction of sp³-hybridized carbons (Fsp3) is 0.286. The number of sulfonamides is 1. The number of para-hydroxylation sites is 1. The summed E-state index contributed by atoms with van der Waals surface area (Å²) in [5.74, 6) is -5.23. The van der Waals surface area contributed by atoms with Gasteiger partial charge in [-0.25, -0.2) is 8.42 Å². The number of benzene rings is 1. The van der Waals surface area contributed by atoms with Crippen LogP contribution in [0.5, 0.6) is 17.8 Å². The lowest BCUT2D eigenvalue weighted by Crippen LogP contribution is -2.23. The van der Waals surface area contributed by atoms with Gasteiger partial charge < -0.3 is 14.2 Å². The first-order valence-corrected chi connectivity index (χ1v) is 8.63. The van der Waals surface area contributed by atoms with Gasteiger partial charge in [-0.1, -0.05) is 6.07 Å². The van der Waals surface area contributed by atoms with Gasteiger partial charge in [-0.3, -0.25) is 9.52 Å². The van der Waals surface area contributed by atoms with Gasteiger partial charge in [-0.15, -0.1) is 4.98 Å². The van der Waals surface area contributed by atoms with E-state index in [1.165, 1.54) is 39.5 Å². The summed E-state index contributed by atoms with van der Waals surface area (Å²) in [7, 11) is -1.39. The van der Waals surface area contributed by atoms with Gasteiger partial charge in [0.05, 0.1) is 26.9 Å². The molecule has 0 aliphatic carbocycles. The number of rotatable bonds is 8. The molecular weight excluding hydrogens is 390 g/mol. The molecule has 0 saturated heterocycles. The molecule has 27 heavy (non-hydrogen) atoms. The highest BCUT2D eigenvalue weighted by Gasteiger charge is 2.29. The summed E-state index contributed by atoms with van der Waals surface area (Å²) in [5.41, 5.74) is -0.808. The predicted molar refractivity (Wildman–Crippen MR) is 87.9 cm³/mol. The van der Waals surface area contributed by atoms with Gasteiger partial charge >= 0.3 is 17.8 Å². The SMILES string of the molecule is COc1nc(OC)nc(C(=O)c2cccc(OC)c2NS(=O)(=O)C(F)F)n1. The highest BCUT2D eigenvalue weighted by molar-refractivity contribution is 7.93. The third-order valence-electron chi connectivity index (χ3n) is 3.13. The summed E-state index contributed by atoms with van der Waals surface area (Å²) in [6, 6.07) is 3.37. The second-order valence-corrected chi connectivity index (χ2v) is 6.40. The first-order valence-electron chi connectivity index (χ1n) is 7.09. The molecule has 0 atom stereocenters. The molecule has 0 unspecified atom stereocenters. The topological polar surface area (TPSA) is 130 Å². The van der Waals surface area contributed by atoms with Crippen LogP contribution in [0.1, 0.15) is 16.2 Å². The number of anilines is 1. The molecule has 0 bridgehead atoms. The van der Waals surface area contributed by atoms with Crippen molar-refractivity contribution in [1.82, 2.24) is 15.0 Å². The standard InChI is InChI=1S/C14H14F2N4O6S/c1-24-8-6-4-5-7(9(8)20-27(22,23)12(15)16)10(21)11-17-13(25-2)19-14(18-11)26-3/h4-6,12,20H,1-3H3. The molecule has 1 aromatic heterocycles. The molecule has 1 aromatic carbocycles.